The topological polar surface area (TPSA) is 61.3 Å². The summed E-state index contributed by atoms with van der Waals surface area (Å²) < 4.78 is 38.2. The Morgan fingerprint density at radius 1 is 1.03 bits per heavy atom. The van der Waals surface area contributed by atoms with E-state index in [1.54, 1.807) is 7.05 Å². The van der Waals surface area contributed by atoms with Crippen LogP contribution in [0.2, 0.25) is 0 Å². The van der Waals surface area contributed by atoms with Crippen LogP contribution in [-0.2, 0) is 19.0 Å². The first kappa shape index (κ1) is 23.9. The second-order valence-corrected chi connectivity index (χ2v) is 7.41. The van der Waals surface area contributed by atoms with Gasteiger partial charge in [0.25, 0.3) is 0 Å². The molecule has 0 amide bonds. The first-order valence-electron chi connectivity index (χ1n) is 10.4. The minimum Gasteiger partial charge on any atom is -0.507 e. The summed E-state index contributed by atoms with van der Waals surface area (Å²) in [5.74, 6) is 0.183. The van der Waals surface area contributed by atoms with Crippen LogP contribution in [0.4, 0.5) is 19.0 Å². The summed E-state index contributed by atoms with van der Waals surface area (Å²) in [5, 5.41) is 21.2. The van der Waals surface area contributed by atoms with Gasteiger partial charge in [-0.05, 0) is 69.6 Å². The number of aromatic hydroxyl groups is 1. The zero-order chi connectivity index (χ0) is 22.3. The van der Waals surface area contributed by atoms with Gasteiger partial charge in [-0.3, -0.25) is 0 Å². The second kappa shape index (κ2) is 10.6. The molecule has 2 aromatic rings. The van der Waals surface area contributed by atoms with Crippen molar-refractivity contribution in [1.82, 2.24) is 15.1 Å². The molecule has 2 heterocycles. The first-order valence-corrected chi connectivity index (χ1v) is 10.4. The van der Waals surface area contributed by atoms with Crippen molar-refractivity contribution < 1.29 is 18.3 Å². The van der Waals surface area contributed by atoms with Gasteiger partial charge in [0, 0.05) is 18.2 Å². The van der Waals surface area contributed by atoms with Gasteiger partial charge in [-0.25, -0.2) is 0 Å². The quantitative estimate of drug-likeness (QED) is 0.712. The van der Waals surface area contributed by atoms with Gasteiger partial charge in [0.05, 0.1) is 5.56 Å². The van der Waals surface area contributed by atoms with Gasteiger partial charge in [0.2, 0.25) is 0 Å². The number of aromatic nitrogens is 2. The maximum absolute atomic E-state index is 12.7. The highest BCUT2D eigenvalue weighted by Crippen LogP contribution is 2.38. The highest BCUT2D eigenvalue weighted by atomic mass is 19.4. The van der Waals surface area contributed by atoms with Crippen molar-refractivity contribution in [2.45, 2.75) is 52.1 Å². The van der Waals surface area contributed by atoms with E-state index in [9.17, 15) is 18.3 Å². The molecule has 2 N–H and O–H groups in total. The molecule has 1 fully saturated rings. The van der Waals surface area contributed by atoms with E-state index in [-0.39, 0.29) is 5.56 Å². The molecule has 0 aliphatic carbocycles. The molecule has 0 saturated carbocycles. The van der Waals surface area contributed by atoms with Crippen molar-refractivity contribution in [2.24, 2.45) is 0 Å². The monoisotopic (exact) mass is 424 g/mol. The normalized spacial score (nSPS) is 14.8. The predicted molar refractivity (Wildman–Crippen MR) is 114 cm³/mol. The summed E-state index contributed by atoms with van der Waals surface area (Å²) in [6.45, 7) is 6.54. The number of hydrogen-bond acceptors (Lipinski definition) is 5. The molecule has 0 unspecified atom stereocenters. The Morgan fingerprint density at radius 2 is 1.67 bits per heavy atom. The lowest BCUT2D eigenvalue weighted by atomic mass is 9.97. The average molecular weight is 425 g/mol. The molecule has 30 heavy (non-hydrogen) atoms. The molecule has 0 bridgehead atoms. The van der Waals surface area contributed by atoms with E-state index in [4.69, 9.17) is 0 Å². The van der Waals surface area contributed by atoms with Gasteiger partial charge < -0.3 is 15.3 Å². The maximum Gasteiger partial charge on any atom is 0.416 e. The fraction of sp³-hybridized carbons (Fsp3) is 0.545. The Bertz CT molecular complexity index is 834. The number of phenols is 1. The maximum atomic E-state index is 12.7. The van der Waals surface area contributed by atoms with Crippen LogP contribution in [0.1, 0.15) is 49.8 Å². The lowest BCUT2D eigenvalue weighted by Crippen LogP contribution is -2.24. The molecule has 0 spiro atoms. The number of phenolic OH excluding ortho intramolecular Hbond substituents is 1. The zero-order valence-electron chi connectivity index (χ0n) is 18.1. The molecule has 1 aromatic heterocycles. The molecule has 166 valence electrons. The van der Waals surface area contributed by atoms with Crippen molar-refractivity contribution in [2.75, 3.05) is 32.5 Å². The molecule has 5 nitrogen and oxygen atoms in total. The molecular weight excluding hydrogens is 393 g/mol. The fourth-order valence-electron chi connectivity index (χ4n) is 3.65. The minimum atomic E-state index is -4.50. The van der Waals surface area contributed by atoms with Crippen LogP contribution in [0.25, 0.3) is 11.3 Å². The summed E-state index contributed by atoms with van der Waals surface area (Å²) in [6, 6.07) is 2.89. The highest BCUT2D eigenvalue weighted by Gasteiger charge is 2.31. The third kappa shape index (κ3) is 5.84. The first-order chi connectivity index (χ1) is 14.2. The average Bonchev–Trinajstić information content (AvgIpc) is 2.73. The van der Waals surface area contributed by atoms with Crippen LogP contribution in [-0.4, -0.2) is 47.4 Å². The Morgan fingerprint density at radius 3 is 2.10 bits per heavy atom. The lowest BCUT2D eigenvalue weighted by Gasteiger charge is -2.20. The Kier molecular flexibility index (Phi) is 8.46. The SMILES string of the molecule is CCc1c(NC)nnc(-c2ccc(C(F)(F)F)cc2O)c1CC.CN1CCCCC1. The molecule has 3 rings (SSSR count). The number of nitrogens with one attached hydrogen (secondary N) is 1. The minimum absolute atomic E-state index is 0.250. The van der Waals surface area contributed by atoms with Crippen molar-refractivity contribution in [3.63, 3.8) is 0 Å². The largest absolute Gasteiger partial charge is 0.507 e. The molecule has 0 atom stereocenters. The summed E-state index contributed by atoms with van der Waals surface area (Å²) >= 11 is 0. The predicted octanol–water partition coefficient (Wildman–Crippen LogP) is 5.14. The number of benzene rings is 1. The number of rotatable bonds is 4. The van der Waals surface area contributed by atoms with E-state index in [1.165, 1.54) is 38.4 Å². The standard InChI is InChI=1S/C16H18F3N3O.C6H13N/c1-4-10-11(5-2)15(20-3)22-21-14(10)12-7-6-9(8-13(12)23)16(17,18)19;1-7-5-3-2-4-6-7/h6-8,23H,4-5H2,1-3H3,(H,20,22);2-6H2,1H3. The van der Waals surface area contributed by atoms with Crippen molar-refractivity contribution in [1.29, 1.82) is 0 Å². The smallest absolute Gasteiger partial charge is 0.416 e. The van der Waals surface area contributed by atoms with Gasteiger partial charge in [-0.2, -0.15) is 13.2 Å². The molecule has 8 heteroatoms. The molecule has 1 aromatic carbocycles. The van der Waals surface area contributed by atoms with Crippen molar-refractivity contribution >= 4 is 5.82 Å². The number of likely N-dealkylation sites (tertiary alicyclic amines) is 1. The van der Waals surface area contributed by atoms with Crippen LogP contribution in [0.15, 0.2) is 18.2 Å². The third-order valence-electron chi connectivity index (χ3n) is 5.29. The number of halogens is 3. The summed E-state index contributed by atoms with van der Waals surface area (Å²) in [4.78, 5) is 2.39. The van der Waals surface area contributed by atoms with Crippen molar-refractivity contribution in [3.8, 4) is 17.0 Å². The van der Waals surface area contributed by atoms with Crippen molar-refractivity contribution in [3.05, 3.63) is 34.9 Å². The number of anilines is 1. The van der Waals surface area contributed by atoms with E-state index in [0.717, 1.165) is 17.2 Å². The van der Waals surface area contributed by atoms with E-state index >= 15 is 0 Å². The Labute approximate surface area is 176 Å². The Hall–Kier alpha value is -2.35. The van der Waals surface area contributed by atoms with Gasteiger partial charge in [0.1, 0.15) is 11.4 Å². The van der Waals surface area contributed by atoms with Gasteiger partial charge in [-0.1, -0.05) is 20.3 Å². The summed E-state index contributed by atoms with van der Waals surface area (Å²) in [7, 11) is 3.93. The molecular formula is C22H31F3N4O. The van der Waals surface area contributed by atoms with Crippen LogP contribution < -0.4 is 5.32 Å². The van der Waals surface area contributed by atoms with E-state index in [1.807, 2.05) is 13.8 Å². The number of alkyl halides is 3. The summed E-state index contributed by atoms with van der Waals surface area (Å²) in [6.07, 6.45) is 1.10. The zero-order valence-corrected chi connectivity index (χ0v) is 18.1. The number of hydrogen-bond donors (Lipinski definition) is 2. The summed E-state index contributed by atoms with van der Waals surface area (Å²) in [5.41, 5.74) is 1.57. The van der Waals surface area contributed by atoms with Crippen LogP contribution in [0.3, 0.4) is 0 Å². The number of piperidine rings is 1. The van der Waals surface area contributed by atoms with E-state index in [0.29, 0.717) is 30.4 Å². The Balaban J connectivity index is 0.000000386. The van der Waals surface area contributed by atoms with Crippen LogP contribution >= 0.6 is 0 Å². The molecule has 1 aliphatic heterocycles. The lowest BCUT2D eigenvalue weighted by molar-refractivity contribution is -0.137. The third-order valence-corrected chi connectivity index (χ3v) is 5.29. The molecule has 1 saturated heterocycles. The van der Waals surface area contributed by atoms with Crippen LogP contribution in [0, 0.1) is 0 Å². The molecule has 1 aliphatic rings. The molecule has 0 radical (unpaired) electrons. The second-order valence-electron chi connectivity index (χ2n) is 7.41. The van der Waals surface area contributed by atoms with Gasteiger partial charge in [0.15, 0.2) is 5.82 Å². The van der Waals surface area contributed by atoms with Gasteiger partial charge >= 0.3 is 6.18 Å². The van der Waals surface area contributed by atoms with E-state index in [2.05, 4.69) is 27.5 Å². The highest BCUT2D eigenvalue weighted by molar-refractivity contribution is 5.72. The van der Waals surface area contributed by atoms with Gasteiger partial charge in [-0.15, -0.1) is 10.2 Å². The van der Waals surface area contributed by atoms with Crippen LogP contribution in [0.5, 0.6) is 5.75 Å². The number of nitrogens with zero attached hydrogens (tertiary/aromatic N) is 3. The fourth-order valence-corrected chi connectivity index (χ4v) is 3.65. The van der Waals surface area contributed by atoms with E-state index < -0.39 is 17.5 Å².